The largest absolute Gasteiger partial charge is 0.344 e. The van der Waals surface area contributed by atoms with E-state index in [0.717, 1.165) is 0 Å². The fraction of sp³-hybridized carbons (Fsp3) is 0.267. The van der Waals surface area contributed by atoms with Gasteiger partial charge in [-0.25, -0.2) is 4.98 Å². The predicted molar refractivity (Wildman–Crippen MR) is 76.2 cm³/mol. The molecule has 0 aromatic carbocycles. The topological polar surface area (TPSA) is 61.3 Å². The number of ether oxygens (including phenoxy) is 2. The first-order valence-electron chi connectivity index (χ1n) is 6.49. The van der Waals surface area contributed by atoms with Crippen molar-refractivity contribution in [2.24, 2.45) is 0 Å². The summed E-state index contributed by atoms with van der Waals surface area (Å²) in [7, 11) is 0. The van der Waals surface area contributed by atoms with Gasteiger partial charge < -0.3 is 9.47 Å². The highest BCUT2D eigenvalue weighted by Gasteiger charge is 2.37. The first kappa shape index (κ1) is 14.1. The van der Waals surface area contributed by atoms with E-state index >= 15 is 0 Å². The molecule has 0 bridgehead atoms. The van der Waals surface area contributed by atoms with Gasteiger partial charge in [0.05, 0.1) is 18.8 Å². The van der Waals surface area contributed by atoms with Gasteiger partial charge in [0.15, 0.2) is 11.6 Å². The minimum absolute atomic E-state index is 0.134. The molecule has 5 nitrogen and oxygen atoms in total. The first-order valence-corrected chi connectivity index (χ1v) is 6.87. The van der Waals surface area contributed by atoms with Gasteiger partial charge in [-0.1, -0.05) is 11.6 Å². The maximum absolute atomic E-state index is 12.7. The molecule has 0 atom stereocenters. The second kappa shape index (κ2) is 5.52. The van der Waals surface area contributed by atoms with E-state index in [4.69, 9.17) is 21.1 Å². The summed E-state index contributed by atoms with van der Waals surface area (Å²) in [6, 6.07) is 4.97. The van der Waals surface area contributed by atoms with Crippen molar-refractivity contribution in [3.05, 3.63) is 58.6 Å². The molecule has 1 saturated heterocycles. The molecule has 0 radical (unpaired) electrons. The highest BCUT2D eigenvalue weighted by Crippen LogP contribution is 2.35. The van der Waals surface area contributed by atoms with Crippen LogP contribution in [0.15, 0.2) is 36.8 Å². The number of carbonyl (C=O) groups excluding carboxylic acids is 1. The van der Waals surface area contributed by atoms with E-state index in [1.165, 1.54) is 6.20 Å². The van der Waals surface area contributed by atoms with Gasteiger partial charge >= 0.3 is 0 Å². The van der Waals surface area contributed by atoms with Gasteiger partial charge in [-0.15, -0.1) is 0 Å². The fourth-order valence-electron chi connectivity index (χ4n) is 2.35. The zero-order chi connectivity index (χ0) is 14.9. The lowest BCUT2D eigenvalue weighted by Gasteiger charge is -2.25. The number of ketones is 1. The lowest BCUT2D eigenvalue weighted by molar-refractivity contribution is -0.150. The Morgan fingerprint density at radius 2 is 1.86 bits per heavy atom. The highest BCUT2D eigenvalue weighted by molar-refractivity contribution is 6.34. The van der Waals surface area contributed by atoms with Crippen molar-refractivity contribution in [1.29, 1.82) is 0 Å². The number of halogens is 1. The second-order valence-electron chi connectivity index (χ2n) is 4.73. The summed E-state index contributed by atoms with van der Waals surface area (Å²) in [5, 5.41) is 0.134. The standard InChI is InChI=1S/C15H13ClN2O3/c1-15(20-8-9-21-15)11-4-7-18-14(16)12(11)13(19)10-2-5-17-6-3-10/h2-7H,8-9H2,1H3. The molecule has 0 N–H and O–H groups in total. The van der Waals surface area contributed by atoms with Gasteiger partial charge in [-0.2, -0.15) is 0 Å². The zero-order valence-corrected chi connectivity index (χ0v) is 12.1. The van der Waals surface area contributed by atoms with Crippen LogP contribution in [-0.2, 0) is 15.3 Å². The number of rotatable bonds is 3. The molecule has 21 heavy (non-hydrogen) atoms. The molecule has 2 aromatic heterocycles. The Morgan fingerprint density at radius 3 is 2.52 bits per heavy atom. The van der Waals surface area contributed by atoms with Crippen LogP contribution < -0.4 is 0 Å². The number of hydrogen-bond acceptors (Lipinski definition) is 5. The number of pyridine rings is 2. The summed E-state index contributed by atoms with van der Waals surface area (Å²) in [4.78, 5) is 20.6. The monoisotopic (exact) mass is 304 g/mol. The van der Waals surface area contributed by atoms with Crippen molar-refractivity contribution in [1.82, 2.24) is 9.97 Å². The average molecular weight is 305 g/mol. The predicted octanol–water partition coefficient (Wildman–Crippen LogP) is 2.58. The van der Waals surface area contributed by atoms with E-state index < -0.39 is 5.79 Å². The Labute approximate surface area is 126 Å². The van der Waals surface area contributed by atoms with Crippen LogP contribution in [0, 0.1) is 0 Å². The molecule has 0 aliphatic carbocycles. The molecule has 1 aliphatic heterocycles. The van der Waals surface area contributed by atoms with Gasteiger partial charge in [0.2, 0.25) is 0 Å². The van der Waals surface area contributed by atoms with Gasteiger partial charge in [0.25, 0.3) is 0 Å². The molecule has 0 spiro atoms. The molecule has 1 fully saturated rings. The second-order valence-corrected chi connectivity index (χ2v) is 5.09. The third kappa shape index (κ3) is 2.55. The van der Waals surface area contributed by atoms with Crippen LogP contribution in [0.4, 0.5) is 0 Å². The SMILES string of the molecule is CC1(c2ccnc(Cl)c2C(=O)c2ccncc2)OCCO1. The van der Waals surface area contributed by atoms with E-state index in [1.54, 1.807) is 37.5 Å². The first-order chi connectivity index (χ1) is 10.1. The molecule has 2 aromatic rings. The van der Waals surface area contributed by atoms with Crippen LogP contribution in [0.5, 0.6) is 0 Å². The quantitative estimate of drug-likeness (QED) is 0.644. The molecule has 3 rings (SSSR count). The minimum Gasteiger partial charge on any atom is -0.344 e. The van der Waals surface area contributed by atoms with Crippen molar-refractivity contribution < 1.29 is 14.3 Å². The van der Waals surface area contributed by atoms with Gasteiger partial charge in [0.1, 0.15) is 5.15 Å². The van der Waals surface area contributed by atoms with E-state index in [0.29, 0.717) is 29.9 Å². The lowest BCUT2D eigenvalue weighted by atomic mass is 9.96. The summed E-state index contributed by atoms with van der Waals surface area (Å²) in [6.45, 7) is 2.72. The normalized spacial score (nSPS) is 16.9. The molecule has 0 amide bonds. The molecule has 1 aliphatic rings. The highest BCUT2D eigenvalue weighted by atomic mass is 35.5. The van der Waals surface area contributed by atoms with Crippen molar-refractivity contribution in [2.75, 3.05) is 13.2 Å². The Bertz CT molecular complexity index is 670. The lowest BCUT2D eigenvalue weighted by Crippen LogP contribution is -2.26. The van der Waals surface area contributed by atoms with Crippen molar-refractivity contribution in [2.45, 2.75) is 12.7 Å². The van der Waals surface area contributed by atoms with E-state index in [9.17, 15) is 4.79 Å². The molecule has 0 saturated carbocycles. The Kier molecular flexibility index (Phi) is 3.71. The summed E-state index contributed by atoms with van der Waals surface area (Å²) in [5.41, 5.74) is 1.37. The molecule has 108 valence electrons. The Balaban J connectivity index is 2.12. The van der Waals surface area contributed by atoms with Crippen LogP contribution in [0.1, 0.15) is 28.4 Å². The maximum atomic E-state index is 12.7. The maximum Gasteiger partial charge on any atom is 0.196 e. The average Bonchev–Trinajstić information content (AvgIpc) is 2.95. The van der Waals surface area contributed by atoms with Crippen molar-refractivity contribution in [3.8, 4) is 0 Å². The number of nitrogens with zero attached hydrogens (tertiary/aromatic N) is 2. The third-order valence-electron chi connectivity index (χ3n) is 3.40. The molecular weight excluding hydrogens is 292 g/mol. The Morgan fingerprint density at radius 1 is 1.19 bits per heavy atom. The van der Waals surface area contributed by atoms with Gasteiger partial charge in [0, 0.05) is 29.7 Å². The summed E-state index contributed by atoms with van der Waals surface area (Å²) in [6.07, 6.45) is 4.65. The molecule has 6 heteroatoms. The van der Waals surface area contributed by atoms with Gasteiger partial charge in [-0.05, 0) is 25.1 Å². The summed E-state index contributed by atoms with van der Waals surface area (Å²) >= 11 is 6.16. The van der Waals surface area contributed by atoms with Crippen LogP contribution in [0.2, 0.25) is 5.15 Å². The van der Waals surface area contributed by atoms with Gasteiger partial charge in [-0.3, -0.25) is 9.78 Å². The zero-order valence-electron chi connectivity index (χ0n) is 11.4. The van der Waals surface area contributed by atoms with Crippen LogP contribution in [0.3, 0.4) is 0 Å². The van der Waals surface area contributed by atoms with Crippen molar-refractivity contribution >= 4 is 17.4 Å². The number of carbonyl (C=O) groups is 1. The number of aromatic nitrogens is 2. The van der Waals surface area contributed by atoms with Crippen molar-refractivity contribution in [3.63, 3.8) is 0 Å². The Hall–Kier alpha value is -1.82. The smallest absolute Gasteiger partial charge is 0.196 e. The minimum atomic E-state index is -0.982. The number of hydrogen-bond donors (Lipinski definition) is 0. The van der Waals surface area contributed by atoms with E-state index in [-0.39, 0.29) is 10.9 Å². The molecule has 0 unspecified atom stereocenters. The fourth-order valence-corrected chi connectivity index (χ4v) is 2.59. The van der Waals surface area contributed by atoms with Crippen LogP contribution in [-0.4, -0.2) is 29.0 Å². The molecular formula is C15H13ClN2O3. The summed E-state index contributed by atoms with van der Waals surface area (Å²) in [5.74, 6) is -1.21. The van der Waals surface area contributed by atoms with Crippen LogP contribution in [0.25, 0.3) is 0 Å². The van der Waals surface area contributed by atoms with E-state index in [2.05, 4.69) is 9.97 Å². The third-order valence-corrected chi connectivity index (χ3v) is 3.69. The van der Waals surface area contributed by atoms with Crippen LogP contribution >= 0.6 is 11.6 Å². The summed E-state index contributed by atoms with van der Waals surface area (Å²) < 4.78 is 11.3. The molecule has 3 heterocycles. The van der Waals surface area contributed by atoms with E-state index in [1.807, 2.05) is 0 Å².